The van der Waals surface area contributed by atoms with Gasteiger partial charge in [0.25, 0.3) is 0 Å². The molecule has 4 unspecified atom stereocenters. The van der Waals surface area contributed by atoms with E-state index in [1.54, 1.807) is 5.56 Å². The van der Waals surface area contributed by atoms with Crippen LogP contribution in [0.2, 0.25) is 0 Å². The van der Waals surface area contributed by atoms with Crippen molar-refractivity contribution in [3.05, 3.63) is 47.4 Å². The molecule has 5 atom stereocenters. The standard InChI is InChI=1S/C20H25N2OP/c1-12-17-9-22-7-6-15-14-4-2-3-5-18(14)21-20(15)19(22)8-16(17)13(11-24)10-23-12/h2-5,10,12,16-17,19,21H,6-9,11,24H2,1H3/t12-,16?,17?,19?/m0/s1. The molecular formula is C20H25N2OP. The van der Waals surface area contributed by atoms with Gasteiger partial charge in [-0.15, -0.1) is 9.24 Å². The molecular weight excluding hydrogens is 315 g/mol. The number of nitrogens with zero attached hydrogens (tertiary/aromatic N) is 1. The smallest absolute Gasteiger partial charge is 0.0996 e. The molecule has 2 aromatic rings. The predicted molar refractivity (Wildman–Crippen MR) is 101 cm³/mol. The van der Waals surface area contributed by atoms with Crippen LogP contribution in [0.3, 0.4) is 0 Å². The number of hydrogen-bond acceptors (Lipinski definition) is 2. The number of ether oxygens (including phenoxy) is 1. The van der Waals surface area contributed by atoms with Gasteiger partial charge in [0, 0.05) is 35.6 Å². The van der Waals surface area contributed by atoms with Crippen molar-refractivity contribution in [2.75, 3.05) is 19.3 Å². The number of nitrogens with one attached hydrogen (secondary N) is 1. The average Bonchev–Trinajstić information content (AvgIpc) is 3.00. The minimum Gasteiger partial charge on any atom is -0.498 e. The van der Waals surface area contributed by atoms with E-state index in [0.717, 1.165) is 19.1 Å². The maximum atomic E-state index is 5.94. The number of allylic oxidation sites excluding steroid dienone is 1. The summed E-state index contributed by atoms with van der Waals surface area (Å²) in [4.78, 5) is 6.46. The van der Waals surface area contributed by atoms with Crippen LogP contribution in [0.25, 0.3) is 10.9 Å². The number of para-hydroxylation sites is 1. The van der Waals surface area contributed by atoms with Crippen LogP contribution in [0.5, 0.6) is 0 Å². The van der Waals surface area contributed by atoms with Crippen LogP contribution in [0.1, 0.15) is 30.6 Å². The number of aromatic amines is 1. The van der Waals surface area contributed by atoms with E-state index in [0.29, 0.717) is 24.0 Å². The Morgan fingerprint density at radius 3 is 3.08 bits per heavy atom. The maximum absolute atomic E-state index is 5.94. The predicted octanol–water partition coefficient (Wildman–Crippen LogP) is 3.88. The third kappa shape index (κ3) is 2.11. The molecule has 0 radical (unpaired) electrons. The van der Waals surface area contributed by atoms with Crippen molar-refractivity contribution in [2.45, 2.75) is 31.9 Å². The Morgan fingerprint density at radius 2 is 2.21 bits per heavy atom. The van der Waals surface area contributed by atoms with Gasteiger partial charge in [-0.25, -0.2) is 0 Å². The molecule has 1 aromatic heterocycles. The van der Waals surface area contributed by atoms with E-state index >= 15 is 0 Å². The molecule has 0 spiro atoms. The number of aromatic nitrogens is 1. The van der Waals surface area contributed by atoms with Gasteiger partial charge in [-0.1, -0.05) is 18.2 Å². The minimum atomic E-state index is 0.334. The summed E-state index contributed by atoms with van der Waals surface area (Å²) in [6.07, 6.45) is 5.79. The van der Waals surface area contributed by atoms with Crippen LogP contribution in [-0.4, -0.2) is 35.2 Å². The van der Waals surface area contributed by atoms with Gasteiger partial charge < -0.3 is 9.72 Å². The SMILES string of the molecule is C[C@@H]1OC=C(CP)C2CC3c4[nH]c5ccccc5c4CCN3CC21. The van der Waals surface area contributed by atoms with Crippen LogP contribution < -0.4 is 0 Å². The molecule has 4 heterocycles. The fraction of sp³-hybridized carbons (Fsp3) is 0.500. The molecule has 5 rings (SSSR count). The molecule has 1 aromatic carbocycles. The summed E-state index contributed by atoms with van der Waals surface area (Å²) in [5, 5.41) is 1.43. The normalized spacial score (nSPS) is 32.5. The second-order valence-electron chi connectivity index (χ2n) is 7.57. The first kappa shape index (κ1) is 15.0. The Kier molecular flexibility index (Phi) is 3.50. The summed E-state index contributed by atoms with van der Waals surface area (Å²) in [6, 6.07) is 9.32. The van der Waals surface area contributed by atoms with Gasteiger partial charge in [-0.05, 0) is 49.0 Å². The lowest BCUT2D eigenvalue weighted by Crippen LogP contribution is -2.50. The largest absolute Gasteiger partial charge is 0.498 e. The molecule has 1 N–H and O–H groups in total. The lowest BCUT2D eigenvalue weighted by atomic mass is 9.72. The van der Waals surface area contributed by atoms with E-state index < -0.39 is 0 Å². The number of H-pyrrole nitrogens is 1. The molecule has 0 aliphatic carbocycles. The van der Waals surface area contributed by atoms with Crippen molar-refractivity contribution in [1.82, 2.24) is 9.88 Å². The zero-order valence-corrected chi connectivity index (χ0v) is 15.3. The van der Waals surface area contributed by atoms with Gasteiger partial charge >= 0.3 is 0 Å². The zero-order valence-electron chi connectivity index (χ0n) is 14.2. The van der Waals surface area contributed by atoms with Gasteiger partial charge in [0.1, 0.15) is 0 Å². The Morgan fingerprint density at radius 1 is 1.33 bits per heavy atom. The molecule has 126 valence electrons. The monoisotopic (exact) mass is 340 g/mol. The maximum Gasteiger partial charge on any atom is 0.0996 e. The second kappa shape index (κ2) is 5.61. The van der Waals surface area contributed by atoms with E-state index in [1.807, 2.05) is 6.26 Å². The lowest BCUT2D eigenvalue weighted by molar-refractivity contribution is -0.0225. The number of benzene rings is 1. The van der Waals surface area contributed by atoms with E-state index in [4.69, 9.17) is 4.74 Å². The molecule has 0 saturated carbocycles. The highest BCUT2D eigenvalue weighted by Gasteiger charge is 2.44. The summed E-state index contributed by atoms with van der Waals surface area (Å²) in [7, 11) is 2.89. The molecule has 1 saturated heterocycles. The highest BCUT2D eigenvalue weighted by Crippen LogP contribution is 2.47. The molecule has 3 aliphatic rings. The first-order valence-corrected chi connectivity index (χ1v) is 9.96. The van der Waals surface area contributed by atoms with Crippen LogP contribution in [0.15, 0.2) is 36.1 Å². The quantitative estimate of drug-likeness (QED) is 0.798. The Labute approximate surface area is 145 Å². The zero-order chi connectivity index (χ0) is 16.3. The summed E-state index contributed by atoms with van der Waals surface area (Å²) >= 11 is 0. The van der Waals surface area contributed by atoms with E-state index in [9.17, 15) is 0 Å². The molecule has 24 heavy (non-hydrogen) atoms. The van der Waals surface area contributed by atoms with Crippen molar-refractivity contribution in [3.63, 3.8) is 0 Å². The third-order valence-corrected chi connectivity index (χ3v) is 6.93. The summed E-state index contributed by atoms with van der Waals surface area (Å²) in [5.74, 6) is 1.29. The van der Waals surface area contributed by atoms with Gasteiger partial charge in [0.2, 0.25) is 0 Å². The van der Waals surface area contributed by atoms with Gasteiger partial charge in [0.05, 0.1) is 18.4 Å². The number of hydrogen-bond donors (Lipinski definition) is 1. The molecule has 3 aliphatic heterocycles. The molecule has 4 heteroatoms. The van der Waals surface area contributed by atoms with Crippen molar-refractivity contribution >= 4 is 20.1 Å². The fourth-order valence-corrected chi connectivity index (χ4v) is 5.55. The summed E-state index contributed by atoms with van der Waals surface area (Å²) in [6.45, 7) is 4.58. The van der Waals surface area contributed by atoms with Crippen molar-refractivity contribution in [1.29, 1.82) is 0 Å². The first-order valence-electron chi connectivity index (χ1n) is 9.14. The highest BCUT2D eigenvalue weighted by molar-refractivity contribution is 7.16. The average molecular weight is 340 g/mol. The fourth-order valence-electron chi connectivity index (χ4n) is 5.15. The number of piperidine rings is 1. The second-order valence-corrected chi connectivity index (χ2v) is 7.98. The summed E-state index contributed by atoms with van der Waals surface area (Å²) < 4.78 is 5.94. The first-order chi connectivity index (χ1) is 11.8. The minimum absolute atomic E-state index is 0.334. The molecule has 3 nitrogen and oxygen atoms in total. The van der Waals surface area contributed by atoms with E-state index in [-0.39, 0.29) is 0 Å². The van der Waals surface area contributed by atoms with Crippen molar-refractivity contribution in [3.8, 4) is 0 Å². The number of rotatable bonds is 1. The Balaban J connectivity index is 1.56. The van der Waals surface area contributed by atoms with Gasteiger partial charge in [-0.2, -0.15) is 0 Å². The van der Waals surface area contributed by atoms with Crippen LogP contribution in [0.4, 0.5) is 0 Å². The summed E-state index contributed by atoms with van der Waals surface area (Å²) in [5.41, 5.74) is 5.81. The highest BCUT2D eigenvalue weighted by atomic mass is 31.0. The van der Waals surface area contributed by atoms with Gasteiger partial charge in [-0.3, -0.25) is 4.90 Å². The van der Waals surface area contributed by atoms with Gasteiger partial charge in [0.15, 0.2) is 0 Å². The Bertz CT molecular complexity index is 811. The van der Waals surface area contributed by atoms with Crippen molar-refractivity contribution < 1.29 is 4.74 Å². The number of fused-ring (bicyclic) bond motifs is 6. The van der Waals surface area contributed by atoms with Crippen LogP contribution >= 0.6 is 9.24 Å². The van der Waals surface area contributed by atoms with Crippen LogP contribution in [-0.2, 0) is 11.2 Å². The lowest BCUT2D eigenvalue weighted by Gasteiger charge is -2.49. The third-order valence-electron chi connectivity index (χ3n) is 6.46. The molecule has 0 amide bonds. The Hall–Kier alpha value is -1.31. The molecule has 0 bridgehead atoms. The van der Waals surface area contributed by atoms with Crippen LogP contribution in [0, 0.1) is 11.8 Å². The van der Waals surface area contributed by atoms with E-state index in [2.05, 4.69) is 50.3 Å². The van der Waals surface area contributed by atoms with Crippen molar-refractivity contribution in [2.24, 2.45) is 11.8 Å². The topological polar surface area (TPSA) is 28.3 Å². The molecule has 1 fully saturated rings. The van der Waals surface area contributed by atoms with E-state index in [1.165, 1.54) is 35.1 Å².